The van der Waals surface area contributed by atoms with E-state index in [9.17, 15) is 9.59 Å². The van der Waals surface area contributed by atoms with Crippen molar-refractivity contribution in [1.29, 1.82) is 0 Å². The molecule has 39 heavy (non-hydrogen) atoms. The Labute approximate surface area is 237 Å². The normalized spacial score (nSPS) is 13.9. The van der Waals surface area contributed by atoms with Crippen molar-refractivity contribution >= 4 is 63.3 Å². The maximum Gasteiger partial charge on any atom is 0.270 e. The summed E-state index contributed by atoms with van der Waals surface area (Å²) >= 11 is 6.76. The SMILES string of the molecule is CCOc1cc(/C=C2\SC(=S)N(c3ccc(N(C)C)cc3)C2=O)ccc1OCC(=O)Nc1ccc(OC)cc1. The lowest BCUT2D eigenvalue weighted by atomic mass is 10.1. The number of carbonyl (C=O) groups excluding carboxylic acids is 2. The summed E-state index contributed by atoms with van der Waals surface area (Å²) in [6.45, 7) is 2.07. The van der Waals surface area contributed by atoms with Crippen LogP contribution in [0, 0.1) is 0 Å². The zero-order valence-electron chi connectivity index (χ0n) is 22.1. The first-order valence-corrected chi connectivity index (χ1v) is 13.4. The van der Waals surface area contributed by atoms with Gasteiger partial charge in [-0.15, -0.1) is 0 Å². The highest BCUT2D eigenvalue weighted by atomic mass is 32.2. The second-order valence-electron chi connectivity index (χ2n) is 8.63. The third kappa shape index (κ3) is 6.90. The molecule has 1 aliphatic heterocycles. The van der Waals surface area contributed by atoms with Gasteiger partial charge >= 0.3 is 0 Å². The van der Waals surface area contributed by atoms with Gasteiger partial charge in [-0.25, -0.2) is 0 Å². The van der Waals surface area contributed by atoms with Gasteiger partial charge in [-0.1, -0.05) is 30.0 Å². The van der Waals surface area contributed by atoms with Gasteiger partial charge in [0, 0.05) is 25.5 Å². The van der Waals surface area contributed by atoms with Crippen molar-refractivity contribution < 1.29 is 23.8 Å². The van der Waals surface area contributed by atoms with Crippen molar-refractivity contribution in [2.24, 2.45) is 0 Å². The van der Waals surface area contributed by atoms with Crippen molar-refractivity contribution in [1.82, 2.24) is 0 Å². The molecule has 202 valence electrons. The van der Waals surface area contributed by atoms with Gasteiger partial charge in [0.05, 0.1) is 24.3 Å². The van der Waals surface area contributed by atoms with Crippen LogP contribution in [0.15, 0.2) is 71.6 Å². The Morgan fingerprint density at radius 1 is 1.03 bits per heavy atom. The molecule has 0 aromatic heterocycles. The number of thiocarbonyl (C=S) groups is 1. The summed E-state index contributed by atoms with van der Waals surface area (Å²) < 4.78 is 17.1. The molecule has 3 aromatic rings. The fraction of sp³-hybridized carbons (Fsp3) is 0.207. The molecule has 0 atom stereocenters. The van der Waals surface area contributed by atoms with E-state index in [4.69, 9.17) is 26.4 Å². The molecule has 1 saturated heterocycles. The summed E-state index contributed by atoms with van der Waals surface area (Å²) in [5.74, 6) is 1.10. The molecule has 1 heterocycles. The van der Waals surface area contributed by atoms with E-state index in [0.717, 1.165) is 16.9 Å². The van der Waals surface area contributed by atoms with E-state index < -0.39 is 0 Å². The van der Waals surface area contributed by atoms with Gasteiger partial charge in [-0.2, -0.15) is 0 Å². The largest absolute Gasteiger partial charge is 0.497 e. The molecule has 0 radical (unpaired) electrons. The third-order valence-electron chi connectivity index (χ3n) is 5.72. The number of nitrogens with one attached hydrogen (secondary N) is 1. The Balaban J connectivity index is 1.45. The number of benzene rings is 3. The molecule has 1 aliphatic rings. The van der Waals surface area contributed by atoms with Crippen LogP contribution in [0.25, 0.3) is 6.08 Å². The molecule has 1 N–H and O–H groups in total. The highest BCUT2D eigenvalue weighted by Crippen LogP contribution is 2.37. The van der Waals surface area contributed by atoms with Crippen LogP contribution in [0.3, 0.4) is 0 Å². The van der Waals surface area contributed by atoms with Crippen LogP contribution in [-0.2, 0) is 9.59 Å². The molecule has 0 spiro atoms. The summed E-state index contributed by atoms with van der Waals surface area (Å²) in [6.07, 6.45) is 1.77. The number of thioether (sulfide) groups is 1. The van der Waals surface area contributed by atoms with E-state index in [1.165, 1.54) is 16.7 Å². The van der Waals surface area contributed by atoms with Crippen LogP contribution in [0.4, 0.5) is 17.1 Å². The predicted molar refractivity (Wildman–Crippen MR) is 161 cm³/mol. The molecule has 2 amide bonds. The minimum absolute atomic E-state index is 0.184. The van der Waals surface area contributed by atoms with Crippen LogP contribution in [0.1, 0.15) is 12.5 Å². The zero-order valence-corrected chi connectivity index (χ0v) is 23.7. The highest BCUT2D eigenvalue weighted by molar-refractivity contribution is 8.27. The molecule has 3 aromatic carbocycles. The molecule has 8 nitrogen and oxygen atoms in total. The van der Waals surface area contributed by atoms with E-state index in [1.54, 1.807) is 55.7 Å². The Bertz CT molecular complexity index is 1390. The zero-order chi connectivity index (χ0) is 27.9. The summed E-state index contributed by atoms with van der Waals surface area (Å²) in [6, 6.07) is 20.0. The maximum absolute atomic E-state index is 13.2. The van der Waals surface area contributed by atoms with Crippen molar-refractivity contribution in [3.05, 3.63) is 77.2 Å². The smallest absolute Gasteiger partial charge is 0.270 e. The van der Waals surface area contributed by atoms with Crippen LogP contribution >= 0.6 is 24.0 Å². The monoisotopic (exact) mass is 563 g/mol. The number of amides is 2. The average Bonchev–Trinajstić information content (AvgIpc) is 3.21. The number of methoxy groups -OCH3 is 1. The first-order chi connectivity index (χ1) is 18.8. The number of anilines is 3. The van der Waals surface area contributed by atoms with E-state index >= 15 is 0 Å². The summed E-state index contributed by atoms with van der Waals surface area (Å²) in [5, 5.41) is 2.78. The Kier molecular flexibility index (Phi) is 9.11. The molecular weight excluding hydrogens is 534 g/mol. The van der Waals surface area contributed by atoms with Gasteiger partial charge in [0.1, 0.15) is 5.75 Å². The molecule has 10 heteroatoms. The van der Waals surface area contributed by atoms with Gasteiger partial charge in [-0.3, -0.25) is 14.5 Å². The van der Waals surface area contributed by atoms with E-state index in [-0.39, 0.29) is 18.4 Å². The first-order valence-electron chi connectivity index (χ1n) is 12.2. The Morgan fingerprint density at radius 2 is 1.74 bits per heavy atom. The van der Waals surface area contributed by atoms with Crippen LogP contribution in [0.2, 0.25) is 0 Å². The van der Waals surface area contributed by atoms with Gasteiger partial charge in [0.2, 0.25) is 0 Å². The van der Waals surface area contributed by atoms with Crippen molar-refractivity contribution in [3.8, 4) is 17.2 Å². The summed E-state index contributed by atoms with van der Waals surface area (Å²) in [5.41, 5.74) is 3.13. The van der Waals surface area contributed by atoms with Gasteiger partial charge in [0.15, 0.2) is 22.4 Å². The lowest BCUT2D eigenvalue weighted by molar-refractivity contribution is -0.118. The Hall–Kier alpha value is -4.02. The van der Waals surface area contributed by atoms with Crippen LogP contribution in [0.5, 0.6) is 17.2 Å². The minimum Gasteiger partial charge on any atom is -0.497 e. The molecule has 0 unspecified atom stereocenters. The molecule has 0 saturated carbocycles. The predicted octanol–water partition coefficient (Wildman–Crippen LogP) is 5.58. The fourth-order valence-electron chi connectivity index (χ4n) is 3.76. The number of carbonyl (C=O) groups is 2. The molecule has 1 fully saturated rings. The topological polar surface area (TPSA) is 80.3 Å². The van der Waals surface area contributed by atoms with E-state index in [2.05, 4.69) is 5.32 Å². The second-order valence-corrected chi connectivity index (χ2v) is 10.3. The van der Waals surface area contributed by atoms with Crippen LogP contribution in [-0.4, -0.2) is 50.6 Å². The lowest BCUT2D eigenvalue weighted by Crippen LogP contribution is -2.27. The van der Waals surface area contributed by atoms with Crippen LogP contribution < -0.4 is 29.3 Å². The summed E-state index contributed by atoms with van der Waals surface area (Å²) in [4.78, 5) is 29.6. The van der Waals surface area contributed by atoms with Crippen molar-refractivity contribution in [3.63, 3.8) is 0 Å². The molecule has 0 bridgehead atoms. The summed E-state index contributed by atoms with van der Waals surface area (Å²) in [7, 11) is 5.50. The molecule has 4 rings (SSSR count). The minimum atomic E-state index is -0.311. The van der Waals surface area contributed by atoms with E-state index in [1.807, 2.05) is 50.2 Å². The van der Waals surface area contributed by atoms with E-state index in [0.29, 0.717) is 38.8 Å². The van der Waals surface area contributed by atoms with Gasteiger partial charge in [0.25, 0.3) is 11.8 Å². The number of ether oxygens (including phenoxy) is 3. The second kappa shape index (κ2) is 12.7. The first kappa shape index (κ1) is 28.0. The fourth-order valence-corrected chi connectivity index (χ4v) is 5.06. The molecular formula is C29H29N3O5S2. The third-order valence-corrected chi connectivity index (χ3v) is 7.02. The quantitative estimate of drug-likeness (QED) is 0.253. The number of rotatable bonds is 10. The highest BCUT2D eigenvalue weighted by Gasteiger charge is 2.33. The standard InChI is InChI=1S/C29H29N3O5S2/c1-5-36-25-16-19(6-15-24(25)37-18-27(33)30-20-7-13-23(35-4)14-8-20)17-26-28(34)32(29(38)39-26)22-11-9-21(10-12-22)31(2)3/h6-17H,5,18H2,1-4H3,(H,30,33)/b26-17-. The average molecular weight is 564 g/mol. The number of hydrogen-bond donors (Lipinski definition) is 1. The van der Waals surface area contributed by atoms with Crippen molar-refractivity contribution in [2.45, 2.75) is 6.92 Å². The number of hydrogen-bond acceptors (Lipinski definition) is 8. The Morgan fingerprint density at radius 3 is 2.38 bits per heavy atom. The van der Waals surface area contributed by atoms with Gasteiger partial charge < -0.3 is 24.4 Å². The van der Waals surface area contributed by atoms with Gasteiger partial charge in [-0.05, 0) is 79.2 Å². The van der Waals surface area contributed by atoms with Crippen molar-refractivity contribution in [2.75, 3.05) is 49.5 Å². The lowest BCUT2D eigenvalue weighted by Gasteiger charge is -2.17. The molecule has 0 aliphatic carbocycles. The number of nitrogens with zero attached hydrogens (tertiary/aromatic N) is 2. The maximum atomic E-state index is 13.2.